The van der Waals surface area contributed by atoms with Crippen molar-refractivity contribution in [3.8, 4) is 11.5 Å². The lowest BCUT2D eigenvalue weighted by Crippen LogP contribution is -2.37. The second kappa shape index (κ2) is 8.42. The number of phenolic OH excluding ortho intramolecular Hbond substituents is 1. The molecule has 2 fully saturated rings. The summed E-state index contributed by atoms with van der Waals surface area (Å²) in [5.41, 5.74) is 1.84. The molecule has 0 unspecified atom stereocenters. The van der Waals surface area contributed by atoms with Gasteiger partial charge >= 0.3 is 0 Å². The summed E-state index contributed by atoms with van der Waals surface area (Å²) in [6.07, 6.45) is -0.984. The van der Waals surface area contributed by atoms with Crippen LogP contribution in [0.15, 0.2) is 72.8 Å². The molecule has 3 aromatic rings. The monoisotopic (exact) mass is 464 g/mol. The molecule has 5 rings (SSSR count). The molecule has 0 spiro atoms. The lowest BCUT2D eigenvalue weighted by molar-refractivity contribution is -0.126. The maximum absolute atomic E-state index is 13.6. The number of halogens is 1. The van der Waals surface area contributed by atoms with Crippen LogP contribution in [0.2, 0.25) is 5.02 Å². The van der Waals surface area contributed by atoms with Crippen LogP contribution in [0, 0.1) is 5.92 Å². The summed E-state index contributed by atoms with van der Waals surface area (Å²) in [6.45, 7) is 2.19. The number of para-hydroxylation sites is 1. The predicted molar refractivity (Wildman–Crippen MR) is 123 cm³/mol. The van der Waals surface area contributed by atoms with E-state index in [9.17, 15) is 14.7 Å². The number of fused-ring (bicyclic) bond motifs is 1. The average Bonchev–Trinajstić information content (AvgIpc) is 3.33. The van der Waals surface area contributed by atoms with E-state index in [1.807, 2.05) is 37.3 Å². The van der Waals surface area contributed by atoms with Gasteiger partial charge in [-0.15, -0.1) is 0 Å². The van der Waals surface area contributed by atoms with Gasteiger partial charge in [0.05, 0.1) is 24.0 Å². The Morgan fingerprint density at radius 2 is 1.70 bits per heavy atom. The van der Waals surface area contributed by atoms with Gasteiger partial charge in [0.2, 0.25) is 5.91 Å². The van der Waals surface area contributed by atoms with Gasteiger partial charge in [-0.05, 0) is 61.0 Å². The lowest BCUT2D eigenvalue weighted by atomic mass is 9.90. The number of ether oxygens (including phenoxy) is 1. The number of amides is 2. The highest BCUT2D eigenvalue weighted by molar-refractivity contribution is 6.31. The van der Waals surface area contributed by atoms with Crippen LogP contribution in [0.25, 0.3) is 0 Å². The number of nitrogens with zero attached hydrogens (tertiary/aromatic N) is 2. The summed E-state index contributed by atoms with van der Waals surface area (Å²) < 4.78 is 5.55. The molecule has 1 N–H and O–H groups in total. The van der Waals surface area contributed by atoms with Crippen LogP contribution in [0.4, 0.5) is 11.4 Å². The number of carbonyl (C=O) groups excluding carboxylic acids is 2. The largest absolute Gasteiger partial charge is 0.504 e. The van der Waals surface area contributed by atoms with Gasteiger partial charge in [0.25, 0.3) is 5.91 Å². The van der Waals surface area contributed by atoms with Crippen molar-refractivity contribution in [1.82, 2.24) is 0 Å². The molecule has 2 amide bonds. The molecule has 0 aromatic heterocycles. The van der Waals surface area contributed by atoms with Crippen LogP contribution in [-0.4, -0.2) is 29.6 Å². The van der Waals surface area contributed by atoms with Gasteiger partial charge in [0, 0.05) is 5.02 Å². The van der Waals surface area contributed by atoms with Crippen molar-refractivity contribution in [1.29, 1.82) is 0 Å². The smallest absolute Gasteiger partial charge is 0.266 e. The molecular weight excluding hydrogens is 444 g/mol. The molecule has 33 heavy (non-hydrogen) atoms. The summed E-state index contributed by atoms with van der Waals surface area (Å²) in [6, 6.07) is 20.2. The maximum atomic E-state index is 13.6. The van der Waals surface area contributed by atoms with E-state index in [4.69, 9.17) is 21.2 Å². The molecule has 2 aliphatic rings. The summed E-state index contributed by atoms with van der Waals surface area (Å²) in [5.74, 6) is -1.27. The maximum Gasteiger partial charge on any atom is 0.266 e. The van der Waals surface area contributed by atoms with E-state index < -0.39 is 24.0 Å². The van der Waals surface area contributed by atoms with Crippen molar-refractivity contribution in [2.75, 3.05) is 16.6 Å². The third-order valence-corrected chi connectivity index (χ3v) is 6.09. The van der Waals surface area contributed by atoms with Crippen molar-refractivity contribution in [3.05, 3.63) is 83.4 Å². The molecule has 0 bridgehead atoms. The number of phenols is 1. The summed E-state index contributed by atoms with van der Waals surface area (Å²) in [5, 5.41) is 12.3. The molecular formula is C25H21ClN2O5. The number of hydrogen-bond donors (Lipinski definition) is 1. The number of benzene rings is 3. The first-order valence-corrected chi connectivity index (χ1v) is 11.0. The Bertz CT molecular complexity index is 1200. The average molecular weight is 465 g/mol. The molecule has 8 heteroatoms. The van der Waals surface area contributed by atoms with Gasteiger partial charge in [0.15, 0.2) is 17.6 Å². The number of hydroxylamine groups is 1. The highest BCUT2D eigenvalue weighted by atomic mass is 35.5. The Labute approximate surface area is 195 Å². The third kappa shape index (κ3) is 3.59. The highest BCUT2D eigenvalue weighted by Crippen LogP contribution is 2.48. The van der Waals surface area contributed by atoms with Crippen molar-refractivity contribution < 1.29 is 24.3 Å². The minimum absolute atomic E-state index is 0.000980. The first kappa shape index (κ1) is 21.3. The standard InChI is InChI=1S/C25H21ClN2O5/c1-2-32-20-14-15(8-13-19(20)29)22-21-23(33-28(22)18-6-4-3-5-7-18)25(31)27(24(21)30)17-11-9-16(26)10-12-17/h3-14,21-23,29H,2H2,1H3/t21-,22-,23-/m0/s1. The molecule has 2 saturated heterocycles. The first-order valence-electron chi connectivity index (χ1n) is 10.6. The Hall–Kier alpha value is -3.55. The van der Waals surface area contributed by atoms with Crippen LogP contribution < -0.4 is 14.7 Å². The number of anilines is 2. The molecule has 0 saturated carbocycles. The van der Waals surface area contributed by atoms with Crippen molar-refractivity contribution in [2.24, 2.45) is 5.92 Å². The van der Waals surface area contributed by atoms with Gasteiger partial charge in [-0.2, -0.15) is 0 Å². The number of hydrogen-bond acceptors (Lipinski definition) is 6. The Balaban J connectivity index is 1.59. The minimum Gasteiger partial charge on any atom is -0.504 e. The number of aromatic hydroxyl groups is 1. The molecule has 0 aliphatic carbocycles. The molecule has 3 atom stereocenters. The van der Waals surface area contributed by atoms with Gasteiger partial charge in [-0.1, -0.05) is 35.9 Å². The Kier molecular flexibility index (Phi) is 5.44. The first-order chi connectivity index (χ1) is 16.0. The van der Waals surface area contributed by atoms with E-state index in [0.29, 0.717) is 34.3 Å². The van der Waals surface area contributed by atoms with Crippen molar-refractivity contribution in [2.45, 2.75) is 19.1 Å². The normalized spacial score (nSPS) is 22.1. The predicted octanol–water partition coefficient (Wildman–Crippen LogP) is 4.50. The quantitative estimate of drug-likeness (QED) is 0.560. The van der Waals surface area contributed by atoms with E-state index in [1.54, 1.807) is 41.5 Å². The molecule has 168 valence electrons. The van der Waals surface area contributed by atoms with E-state index >= 15 is 0 Å². The lowest BCUT2D eigenvalue weighted by Gasteiger charge is -2.29. The molecule has 3 aromatic carbocycles. The van der Waals surface area contributed by atoms with Gasteiger partial charge in [-0.3, -0.25) is 14.4 Å². The van der Waals surface area contributed by atoms with Crippen LogP contribution in [0.1, 0.15) is 18.5 Å². The number of rotatable bonds is 5. The van der Waals surface area contributed by atoms with Crippen LogP contribution in [0.5, 0.6) is 11.5 Å². The molecule has 0 radical (unpaired) electrons. The second-order valence-electron chi connectivity index (χ2n) is 7.81. The fourth-order valence-corrected chi connectivity index (χ4v) is 4.51. The van der Waals surface area contributed by atoms with E-state index in [0.717, 1.165) is 4.90 Å². The van der Waals surface area contributed by atoms with Crippen LogP contribution in [0.3, 0.4) is 0 Å². The third-order valence-electron chi connectivity index (χ3n) is 5.84. The van der Waals surface area contributed by atoms with Crippen LogP contribution >= 0.6 is 11.6 Å². The fraction of sp³-hybridized carbons (Fsp3) is 0.200. The van der Waals surface area contributed by atoms with E-state index in [1.165, 1.54) is 6.07 Å². The SMILES string of the molecule is CCOc1cc([C@H]2[C@@H]3C(=O)N(c4ccc(Cl)cc4)C(=O)[C@H]3ON2c2ccccc2)ccc1O. The zero-order chi connectivity index (χ0) is 23.1. The molecule has 7 nitrogen and oxygen atoms in total. The topological polar surface area (TPSA) is 79.3 Å². The Morgan fingerprint density at radius 1 is 0.970 bits per heavy atom. The van der Waals surface area contributed by atoms with Gasteiger partial charge in [-0.25, -0.2) is 9.96 Å². The Morgan fingerprint density at radius 3 is 2.39 bits per heavy atom. The van der Waals surface area contributed by atoms with Gasteiger partial charge < -0.3 is 9.84 Å². The van der Waals surface area contributed by atoms with Gasteiger partial charge in [0.1, 0.15) is 5.92 Å². The second-order valence-corrected chi connectivity index (χ2v) is 8.24. The van der Waals surface area contributed by atoms with E-state index in [2.05, 4.69) is 0 Å². The summed E-state index contributed by atoms with van der Waals surface area (Å²) in [7, 11) is 0. The van der Waals surface area contributed by atoms with Crippen molar-refractivity contribution in [3.63, 3.8) is 0 Å². The number of imide groups is 1. The van der Waals surface area contributed by atoms with Crippen LogP contribution in [-0.2, 0) is 14.4 Å². The van der Waals surface area contributed by atoms with Crippen molar-refractivity contribution >= 4 is 34.8 Å². The molecule has 2 heterocycles. The fourth-order valence-electron chi connectivity index (χ4n) is 4.38. The zero-order valence-corrected chi connectivity index (χ0v) is 18.5. The van der Waals surface area contributed by atoms with E-state index in [-0.39, 0.29) is 11.7 Å². The zero-order valence-electron chi connectivity index (χ0n) is 17.7. The summed E-state index contributed by atoms with van der Waals surface area (Å²) >= 11 is 5.98. The summed E-state index contributed by atoms with van der Waals surface area (Å²) in [4.78, 5) is 34.2. The molecule has 2 aliphatic heterocycles. The minimum atomic E-state index is -0.984. The highest BCUT2D eigenvalue weighted by Gasteiger charge is 2.60. The number of carbonyl (C=O) groups is 2.